The molecule has 0 N–H and O–H groups in total. The average Bonchev–Trinajstić information content (AvgIpc) is 3.25. The number of ether oxygens (including phenoxy) is 2. The van der Waals surface area contributed by atoms with Crippen LogP contribution in [0.5, 0.6) is 5.75 Å². The van der Waals surface area contributed by atoms with Crippen LogP contribution in [-0.4, -0.2) is 12.9 Å². The van der Waals surface area contributed by atoms with Crippen molar-refractivity contribution in [2.24, 2.45) is 23.7 Å². The zero-order valence-corrected chi connectivity index (χ0v) is 34.6. The van der Waals surface area contributed by atoms with Gasteiger partial charge in [-0.25, -0.2) is 0 Å². The van der Waals surface area contributed by atoms with E-state index in [2.05, 4.69) is 190 Å². The molecule has 0 saturated heterocycles. The average molecular weight is 785 g/mol. The minimum absolute atomic E-state index is 0.0892. The van der Waals surface area contributed by atoms with Crippen molar-refractivity contribution in [1.29, 1.82) is 0 Å². The smallest absolute Gasteiger partial charge is 0.189 e. The van der Waals surface area contributed by atoms with E-state index < -0.39 is 0 Å². The molecule has 2 nitrogen and oxygen atoms in total. The van der Waals surface area contributed by atoms with Crippen LogP contribution in [0.25, 0.3) is 10.8 Å². The SMILES string of the molecule is Cc1cc([S+](c2ccccc2)c2ccccc2)cc(C)c1OCOC1C2CC3CC(C2)CC1C3.c1ccc([S+](c2ccccc2)c2cccc3ccccc23)cc1. The molecule has 0 aromatic heterocycles. The summed E-state index contributed by atoms with van der Waals surface area (Å²) >= 11 is 0. The fraction of sp³-hybridized carbons (Fsp3) is 0.245. The molecule has 11 rings (SSSR count). The zero-order valence-electron chi connectivity index (χ0n) is 33.0. The highest BCUT2D eigenvalue weighted by Crippen LogP contribution is 2.54. The van der Waals surface area contributed by atoms with E-state index in [-0.39, 0.29) is 21.8 Å². The molecule has 57 heavy (non-hydrogen) atoms. The van der Waals surface area contributed by atoms with Crippen LogP contribution in [0.4, 0.5) is 0 Å². The lowest BCUT2D eigenvalue weighted by Gasteiger charge is -2.53. The molecule has 0 spiro atoms. The Labute approximate surface area is 345 Å². The quantitative estimate of drug-likeness (QED) is 0.102. The number of aryl methyl sites for hydroxylation is 2. The third-order valence-electron chi connectivity index (χ3n) is 12.2. The van der Waals surface area contributed by atoms with Gasteiger partial charge in [0.25, 0.3) is 0 Å². The Morgan fingerprint density at radius 1 is 0.456 bits per heavy atom. The first-order valence-electron chi connectivity index (χ1n) is 20.6. The molecular formula is C53H52O2S2+2. The Bertz CT molecular complexity index is 2250. The van der Waals surface area contributed by atoms with Crippen molar-refractivity contribution in [3.8, 4) is 5.75 Å². The van der Waals surface area contributed by atoms with Crippen molar-refractivity contribution in [3.05, 3.63) is 187 Å². The van der Waals surface area contributed by atoms with Crippen molar-refractivity contribution < 1.29 is 9.47 Å². The highest BCUT2D eigenvalue weighted by atomic mass is 32.2. The molecule has 0 atom stereocenters. The van der Waals surface area contributed by atoms with Gasteiger partial charge in [0, 0.05) is 17.5 Å². The lowest BCUT2D eigenvalue weighted by molar-refractivity contribution is -0.155. The summed E-state index contributed by atoms with van der Waals surface area (Å²) < 4.78 is 12.7. The molecule has 4 saturated carbocycles. The van der Waals surface area contributed by atoms with Gasteiger partial charge >= 0.3 is 0 Å². The minimum Gasteiger partial charge on any atom is -0.467 e. The van der Waals surface area contributed by atoms with E-state index in [9.17, 15) is 0 Å². The summed E-state index contributed by atoms with van der Waals surface area (Å²) in [6.07, 6.45) is 7.42. The van der Waals surface area contributed by atoms with Gasteiger partial charge < -0.3 is 9.47 Å². The molecule has 4 aliphatic carbocycles. The first-order chi connectivity index (χ1) is 28.1. The van der Waals surface area contributed by atoms with Crippen LogP contribution in [0, 0.1) is 37.5 Å². The van der Waals surface area contributed by atoms with E-state index in [0.29, 0.717) is 12.9 Å². The van der Waals surface area contributed by atoms with Gasteiger partial charge in [-0.2, -0.15) is 0 Å². The second-order valence-electron chi connectivity index (χ2n) is 16.1. The number of hydrogen-bond acceptors (Lipinski definition) is 2. The second-order valence-corrected chi connectivity index (χ2v) is 20.1. The summed E-state index contributed by atoms with van der Waals surface area (Å²) in [5.41, 5.74) is 2.38. The van der Waals surface area contributed by atoms with Crippen LogP contribution in [0.1, 0.15) is 43.2 Å². The molecule has 7 aromatic carbocycles. The normalized spacial score (nSPS) is 20.7. The van der Waals surface area contributed by atoms with Crippen LogP contribution in [0.2, 0.25) is 0 Å². The van der Waals surface area contributed by atoms with Gasteiger partial charge in [0.05, 0.1) is 27.9 Å². The first kappa shape index (κ1) is 37.8. The van der Waals surface area contributed by atoms with Crippen LogP contribution in [0.15, 0.2) is 205 Å². The van der Waals surface area contributed by atoms with Gasteiger partial charge in [0.1, 0.15) is 5.75 Å². The lowest BCUT2D eigenvalue weighted by Crippen LogP contribution is -2.49. The third kappa shape index (κ3) is 8.32. The van der Waals surface area contributed by atoms with Crippen molar-refractivity contribution in [3.63, 3.8) is 0 Å². The molecule has 286 valence electrons. The van der Waals surface area contributed by atoms with Crippen LogP contribution in [-0.2, 0) is 26.5 Å². The molecule has 0 amide bonds. The topological polar surface area (TPSA) is 18.5 Å². The van der Waals surface area contributed by atoms with Crippen molar-refractivity contribution in [2.45, 2.75) is 81.4 Å². The molecule has 0 unspecified atom stereocenters. The molecule has 0 heterocycles. The van der Waals surface area contributed by atoms with Gasteiger partial charge in [-0.1, -0.05) is 103 Å². The second kappa shape index (κ2) is 17.4. The van der Waals surface area contributed by atoms with E-state index in [1.165, 1.54) is 83.4 Å². The Morgan fingerprint density at radius 3 is 1.40 bits per heavy atom. The molecule has 7 aromatic rings. The predicted octanol–water partition coefficient (Wildman–Crippen LogP) is 13.5. The minimum atomic E-state index is -0.142. The maximum Gasteiger partial charge on any atom is 0.189 e. The molecule has 0 aliphatic heterocycles. The summed E-state index contributed by atoms with van der Waals surface area (Å²) in [6.45, 7) is 4.72. The number of benzene rings is 7. The van der Waals surface area contributed by atoms with E-state index in [1.807, 2.05) is 0 Å². The fourth-order valence-corrected chi connectivity index (χ4v) is 14.5. The standard InChI is InChI=1S/C31H35O2S.C22H17S/c1-21-13-29(34(27-9-5-3-6-10-27)28-11-7-4-8-12-28)14-22(2)30(21)32-20-33-31-25-16-23-15-24(18-25)19-26(31)17-23;1-3-12-19(13-4-1)23(20-14-5-2-6-15-20)22-17-9-11-18-10-7-8-16-21(18)22/h3-14,23-26,31H,15-20H2,1-2H3;1-17H/q2*+1. The van der Waals surface area contributed by atoms with E-state index >= 15 is 0 Å². The monoisotopic (exact) mass is 784 g/mol. The Morgan fingerprint density at radius 2 is 0.895 bits per heavy atom. The maximum atomic E-state index is 6.43. The van der Waals surface area contributed by atoms with E-state index in [1.54, 1.807) is 0 Å². The summed E-state index contributed by atoms with van der Waals surface area (Å²) in [5, 5.41) is 2.64. The van der Waals surface area contributed by atoms with Crippen LogP contribution in [0.3, 0.4) is 0 Å². The number of rotatable bonds is 10. The summed E-state index contributed by atoms with van der Waals surface area (Å²) in [5.74, 6) is 4.47. The Balaban J connectivity index is 0.000000160. The maximum absolute atomic E-state index is 6.43. The molecule has 0 radical (unpaired) electrons. The molecule has 4 fully saturated rings. The van der Waals surface area contributed by atoms with Crippen molar-refractivity contribution in [1.82, 2.24) is 0 Å². The fourth-order valence-electron chi connectivity index (χ4n) is 9.97. The van der Waals surface area contributed by atoms with E-state index in [4.69, 9.17) is 9.47 Å². The number of fused-ring (bicyclic) bond motifs is 1. The lowest BCUT2D eigenvalue weighted by atomic mass is 9.55. The van der Waals surface area contributed by atoms with Gasteiger partial charge in [0.2, 0.25) is 0 Å². The van der Waals surface area contributed by atoms with Crippen LogP contribution < -0.4 is 4.74 Å². The van der Waals surface area contributed by atoms with Gasteiger partial charge in [-0.15, -0.1) is 0 Å². The number of hydrogen-bond donors (Lipinski definition) is 0. The Kier molecular flexibility index (Phi) is 11.5. The van der Waals surface area contributed by atoms with Gasteiger partial charge in [-0.3, -0.25) is 0 Å². The van der Waals surface area contributed by atoms with Crippen molar-refractivity contribution in [2.75, 3.05) is 6.79 Å². The zero-order chi connectivity index (χ0) is 38.6. The highest BCUT2D eigenvalue weighted by molar-refractivity contribution is 7.97. The van der Waals surface area contributed by atoms with Crippen molar-refractivity contribution >= 4 is 32.6 Å². The molecule has 4 bridgehead atoms. The Hall–Kier alpha value is -4.74. The predicted molar refractivity (Wildman–Crippen MR) is 237 cm³/mol. The third-order valence-corrected chi connectivity index (χ3v) is 16.6. The summed E-state index contributed by atoms with van der Waals surface area (Å²) in [7, 11) is -0.232. The molecule has 4 aliphatic rings. The summed E-state index contributed by atoms with van der Waals surface area (Å²) in [6, 6.07) is 63.2. The summed E-state index contributed by atoms with van der Waals surface area (Å²) in [4.78, 5) is 8.12. The van der Waals surface area contributed by atoms with Gasteiger partial charge in [-0.05, 0) is 147 Å². The first-order valence-corrected chi connectivity index (χ1v) is 23.1. The van der Waals surface area contributed by atoms with Gasteiger partial charge in [0.15, 0.2) is 36.2 Å². The largest absolute Gasteiger partial charge is 0.467 e. The van der Waals surface area contributed by atoms with Crippen LogP contribution >= 0.6 is 0 Å². The van der Waals surface area contributed by atoms with E-state index in [0.717, 1.165) is 29.4 Å². The molecular weight excluding hydrogens is 733 g/mol. The molecule has 4 heteroatoms. The highest BCUT2D eigenvalue weighted by Gasteiger charge is 2.49.